The fraction of sp³-hybridized carbons (Fsp3) is 0.333. The molecule has 0 heterocycles. The van der Waals surface area contributed by atoms with Crippen LogP contribution in [0.25, 0.3) is 0 Å². The Bertz CT molecular complexity index is 1440. The molecule has 9 heteroatoms. The fourth-order valence-corrected chi connectivity index (χ4v) is 5.79. The van der Waals surface area contributed by atoms with E-state index < -0.39 is 34.1 Å². The van der Waals surface area contributed by atoms with Gasteiger partial charge in [-0.15, -0.1) is 0 Å². The smallest absolute Gasteiger partial charge is 0.264 e. The first kappa shape index (κ1) is 30.2. The number of nitrogens with zero attached hydrogens (tertiary/aromatic N) is 2. The van der Waals surface area contributed by atoms with E-state index in [4.69, 9.17) is 11.6 Å². The summed E-state index contributed by atoms with van der Waals surface area (Å²) in [6.07, 6.45) is 0. The van der Waals surface area contributed by atoms with Crippen LogP contribution in [-0.4, -0.2) is 43.3 Å². The van der Waals surface area contributed by atoms with Gasteiger partial charge in [-0.1, -0.05) is 60.1 Å². The quantitative estimate of drug-likeness (QED) is 0.369. The average molecular weight is 570 g/mol. The van der Waals surface area contributed by atoms with Gasteiger partial charge >= 0.3 is 0 Å². The molecule has 3 aromatic carbocycles. The largest absolute Gasteiger partial charge is 0.350 e. The predicted molar refractivity (Wildman–Crippen MR) is 156 cm³/mol. The fourth-order valence-electron chi connectivity index (χ4n) is 4.11. The molecule has 3 aromatic rings. The van der Waals surface area contributed by atoms with Crippen molar-refractivity contribution in [2.45, 2.75) is 64.6 Å². The molecular formula is C30H36ClN3O4S. The Morgan fingerprint density at radius 3 is 2.15 bits per heavy atom. The molecule has 0 spiro atoms. The number of nitrogens with one attached hydrogen (secondary N) is 1. The summed E-state index contributed by atoms with van der Waals surface area (Å²) in [5.74, 6) is -0.890. The summed E-state index contributed by atoms with van der Waals surface area (Å²) in [5, 5.41) is 3.36. The van der Waals surface area contributed by atoms with Gasteiger partial charge in [0.1, 0.15) is 12.6 Å². The van der Waals surface area contributed by atoms with Crippen LogP contribution >= 0.6 is 11.6 Å². The summed E-state index contributed by atoms with van der Waals surface area (Å²) in [6.45, 7) is 10.4. The average Bonchev–Trinajstić information content (AvgIpc) is 2.87. The highest BCUT2D eigenvalue weighted by Gasteiger charge is 2.34. The lowest BCUT2D eigenvalue weighted by Gasteiger charge is -2.34. The lowest BCUT2D eigenvalue weighted by atomic mass is 10.1. The van der Waals surface area contributed by atoms with Gasteiger partial charge in [0.2, 0.25) is 11.8 Å². The third-order valence-corrected chi connectivity index (χ3v) is 8.56. The number of anilines is 1. The molecule has 0 aliphatic rings. The van der Waals surface area contributed by atoms with Crippen LogP contribution < -0.4 is 9.62 Å². The minimum absolute atomic E-state index is 0.0310. The van der Waals surface area contributed by atoms with E-state index in [1.807, 2.05) is 40.7 Å². The maximum atomic E-state index is 14.0. The molecule has 7 nitrogen and oxygen atoms in total. The molecule has 0 unspecified atom stereocenters. The minimum atomic E-state index is -4.12. The minimum Gasteiger partial charge on any atom is -0.350 e. The Labute approximate surface area is 236 Å². The Morgan fingerprint density at radius 2 is 1.54 bits per heavy atom. The van der Waals surface area contributed by atoms with Gasteiger partial charge in [0.05, 0.1) is 10.6 Å². The summed E-state index contributed by atoms with van der Waals surface area (Å²) in [7, 11) is -4.12. The summed E-state index contributed by atoms with van der Waals surface area (Å²) in [4.78, 5) is 28.6. The van der Waals surface area contributed by atoms with Crippen molar-refractivity contribution in [2.75, 3.05) is 10.8 Å². The van der Waals surface area contributed by atoms with E-state index in [0.29, 0.717) is 16.3 Å². The highest BCUT2D eigenvalue weighted by molar-refractivity contribution is 7.92. The number of sulfonamides is 1. The highest BCUT2D eigenvalue weighted by Crippen LogP contribution is 2.29. The molecule has 39 heavy (non-hydrogen) atoms. The zero-order valence-corrected chi connectivity index (χ0v) is 24.8. The van der Waals surface area contributed by atoms with Crippen molar-refractivity contribution in [2.24, 2.45) is 0 Å². The molecule has 0 radical (unpaired) electrons. The van der Waals surface area contributed by atoms with Gasteiger partial charge in [0.15, 0.2) is 0 Å². The van der Waals surface area contributed by atoms with Crippen LogP contribution in [0.4, 0.5) is 5.69 Å². The molecular weight excluding hydrogens is 534 g/mol. The molecule has 3 rings (SSSR count). The molecule has 0 aliphatic carbocycles. The maximum Gasteiger partial charge on any atom is 0.264 e. The zero-order chi connectivity index (χ0) is 29.0. The van der Waals surface area contributed by atoms with Crippen LogP contribution in [0, 0.1) is 13.8 Å². The normalized spacial score (nSPS) is 12.5. The molecule has 0 bridgehead atoms. The van der Waals surface area contributed by atoms with Gasteiger partial charge in [0, 0.05) is 17.1 Å². The van der Waals surface area contributed by atoms with Crippen LogP contribution in [0.15, 0.2) is 77.7 Å². The van der Waals surface area contributed by atoms with E-state index in [1.165, 1.54) is 17.0 Å². The molecule has 1 N–H and O–H groups in total. The van der Waals surface area contributed by atoms with Gasteiger partial charge < -0.3 is 10.2 Å². The molecule has 2 amide bonds. The van der Waals surface area contributed by atoms with E-state index in [2.05, 4.69) is 5.32 Å². The lowest BCUT2D eigenvalue weighted by molar-refractivity contribution is -0.140. The third-order valence-electron chi connectivity index (χ3n) is 6.42. The van der Waals surface area contributed by atoms with Crippen LogP contribution in [0.2, 0.25) is 5.02 Å². The van der Waals surface area contributed by atoms with E-state index in [9.17, 15) is 18.0 Å². The molecule has 1 atom stereocenters. The number of carbonyl (C=O) groups is 2. The van der Waals surface area contributed by atoms with Gasteiger partial charge in [-0.3, -0.25) is 13.9 Å². The maximum absolute atomic E-state index is 14.0. The number of amides is 2. The van der Waals surface area contributed by atoms with Crippen molar-refractivity contribution < 1.29 is 18.0 Å². The predicted octanol–water partition coefficient (Wildman–Crippen LogP) is 5.48. The van der Waals surface area contributed by atoms with Crippen molar-refractivity contribution in [1.29, 1.82) is 0 Å². The Hall–Kier alpha value is -3.36. The summed E-state index contributed by atoms with van der Waals surface area (Å²) >= 11 is 6.41. The summed E-state index contributed by atoms with van der Waals surface area (Å²) in [5.41, 5.74) is 2.15. The summed E-state index contributed by atoms with van der Waals surface area (Å²) < 4.78 is 29.0. The summed E-state index contributed by atoms with van der Waals surface area (Å²) in [6, 6.07) is 19.5. The second kappa shape index (κ2) is 12.2. The number of benzene rings is 3. The van der Waals surface area contributed by atoms with E-state index >= 15 is 0 Å². The standard InChI is InChI=1S/C30H36ClN3O4S/c1-21-13-12-18-27(22(21)2)34(39(37,38)25-15-8-7-9-16-25)20-28(35)33(19-24-14-10-11-17-26(24)31)23(3)29(36)32-30(4,5)6/h7-18,23H,19-20H2,1-6H3,(H,32,36)/t23-/m0/s1. The van der Waals surface area contributed by atoms with Crippen molar-refractivity contribution in [3.63, 3.8) is 0 Å². The second-order valence-electron chi connectivity index (χ2n) is 10.6. The van der Waals surface area contributed by atoms with Crippen LogP contribution in [0.1, 0.15) is 44.4 Å². The number of rotatable bonds is 9. The number of aryl methyl sites for hydroxylation is 1. The molecule has 0 aliphatic heterocycles. The van der Waals surface area contributed by atoms with Crippen molar-refractivity contribution in [3.8, 4) is 0 Å². The van der Waals surface area contributed by atoms with Gasteiger partial charge in [-0.05, 0) is 82.5 Å². The zero-order valence-electron chi connectivity index (χ0n) is 23.2. The first-order valence-electron chi connectivity index (χ1n) is 12.7. The van der Waals surface area contributed by atoms with Crippen LogP contribution in [0.5, 0.6) is 0 Å². The molecule has 0 saturated heterocycles. The van der Waals surface area contributed by atoms with Gasteiger partial charge in [0.25, 0.3) is 10.0 Å². The Morgan fingerprint density at radius 1 is 0.923 bits per heavy atom. The first-order chi connectivity index (χ1) is 18.2. The van der Waals surface area contributed by atoms with Crippen molar-refractivity contribution >= 4 is 39.1 Å². The van der Waals surface area contributed by atoms with Gasteiger partial charge in [-0.25, -0.2) is 8.42 Å². The van der Waals surface area contributed by atoms with Crippen molar-refractivity contribution in [1.82, 2.24) is 10.2 Å². The lowest BCUT2D eigenvalue weighted by Crippen LogP contribution is -2.54. The highest BCUT2D eigenvalue weighted by atomic mass is 35.5. The SMILES string of the molecule is Cc1cccc(N(CC(=O)N(Cc2ccccc2Cl)[C@@H](C)C(=O)NC(C)(C)C)S(=O)(=O)c2ccccc2)c1C. The second-order valence-corrected chi connectivity index (χ2v) is 12.8. The van der Waals surface area contributed by atoms with E-state index in [-0.39, 0.29) is 17.3 Å². The molecule has 0 fully saturated rings. The van der Waals surface area contributed by atoms with E-state index in [1.54, 1.807) is 61.5 Å². The molecule has 208 valence electrons. The number of carbonyl (C=O) groups excluding carboxylic acids is 2. The van der Waals surface area contributed by atoms with Crippen LogP contribution in [0.3, 0.4) is 0 Å². The van der Waals surface area contributed by atoms with Crippen LogP contribution in [-0.2, 0) is 26.2 Å². The topological polar surface area (TPSA) is 86.8 Å². The number of halogens is 1. The monoisotopic (exact) mass is 569 g/mol. The first-order valence-corrected chi connectivity index (χ1v) is 14.5. The molecule has 0 aromatic heterocycles. The number of hydrogen-bond acceptors (Lipinski definition) is 4. The van der Waals surface area contributed by atoms with E-state index in [0.717, 1.165) is 15.4 Å². The number of hydrogen-bond donors (Lipinski definition) is 1. The van der Waals surface area contributed by atoms with Gasteiger partial charge in [-0.2, -0.15) is 0 Å². The molecule has 0 saturated carbocycles. The van der Waals surface area contributed by atoms with Crippen molar-refractivity contribution in [3.05, 3.63) is 94.5 Å². The third kappa shape index (κ3) is 7.40. The Balaban J connectivity index is 2.08. The Kier molecular flexibility index (Phi) is 9.46.